The Hall–Kier alpha value is -2.90. The number of aromatic carboxylic acids is 1. The maximum Gasteiger partial charge on any atom is 0.335 e. The molecule has 8 heteroatoms. The van der Waals surface area contributed by atoms with Gasteiger partial charge >= 0.3 is 5.97 Å². The van der Waals surface area contributed by atoms with Gasteiger partial charge in [0.1, 0.15) is 18.4 Å². The lowest BCUT2D eigenvalue weighted by Gasteiger charge is -2.08. The van der Waals surface area contributed by atoms with E-state index in [-0.39, 0.29) is 29.3 Å². The maximum absolute atomic E-state index is 11.7. The van der Waals surface area contributed by atoms with Crippen molar-refractivity contribution in [2.75, 3.05) is 5.32 Å². The Morgan fingerprint density at radius 1 is 1.35 bits per heavy atom. The molecule has 0 saturated carbocycles. The Morgan fingerprint density at radius 3 is 2.80 bits per heavy atom. The van der Waals surface area contributed by atoms with Crippen molar-refractivity contribution in [1.82, 2.24) is 14.8 Å². The number of anilines is 1. The zero-order valence-corrected chi connectivity index (χ0v) is 10.4. The molecule has 0 fully saturated rings. The fourth-order valence-corrected chi connectivity index (χ4v) is 1.55. The summed E-state index contributed by atoms with van der Waals surface area (Å²) in [7, 11) is 0. The Bertz CT molecular complexity index is 624. The minimum Gasteiger partial charge on any atom is -0.506 e. The number of nitrogens with zero attached hydrogens (tertiary/aromatic N) is 3. The van der Waals surface area contributed by atoms with E-state index in [0.717, 1.165) is 0 Å². The number of benzene rings is 1. The number of carbonyl (C=O) groups is 2. The molecule has 1 aromatic carbocycles. The van der Waals surface area contributed by atoms with E-state index in [1.807, 2.05) is 0 Å². The van der Waals surface area contributed by atoms with Gasteiger partial charge in [-0.15, -0.1) is 0 Å². The molecule has 3 N–H and O–H groups in total. The monoisotopic (exact) mass is 276 g/mol. The third kappa shape index (κ3) is 3.31. The van der Waals surface area contributed by atoms with Gasteiger partial charge in [0.15, 0.2) is 0 Å². The first-order valence-electron chi connectivity index (χ1n) is 5.75. The standard InChI is InChI=1S/C12H12N4O4/c17-10-2-1-8(12(19)20)5-9(10)15-11(18)3-4-16-7-13-6-14-16/h1-2,5-7,17H,3-4H2,(H,15,18)(H,19,20). The van der Waals surface area contributed by atoms with E-state index in [1.165, 1.54) is 35.5 Å². The van der Waals surface area contributed by atoms with Gasteiger partial charge in [-0.25, -0.2) is 9.78 Å². The highest BCUT2D eigenvalue weighted by Gasteiger charge is 2.10. The van der Waals surface area contributed by atoms with Crippen LogP contribution in [0.15, 0.2) is 30.9 Å². The first kappa shape index (κ1) is 13.5. The fraction of sp³-hybridized carbons (Fsp3) is 0.167. The number of carboxylic acid groups (broad SMARTS) is 1. The lowest BCUT2D eigenvalue weighted by molar-refractivity contribution is -0.116. The number of phenolic OH excluding ortho intramolecular Hbond substituents is 1. The Kier molecular flexibility index (Phi) is 3.94. The van der Waals surface area contributed by atoms with E-state index in [1.54, 1.807) is 0 Å². The average molecular weight is 276 g/mol. The Balaban J connectivity index is 2.00. The minimum absolute atomic E-state index is 0.0191. The van der Waals surface area contributed by atoms with Crippen LogP contribution in [0, 0.1) is 0 Å². The number of carboxylic acids is 1. The van der Waals surface area contributed by atoms with Crippen LogP contribution in [0.2, 0.25) is 0 Å². The number of amides is 1. The second-order valence-corrected chi connectivity index (χ2v) is 3.99. The van der Waals surface area contributed by atoms with Crippen LogP contribution in [0.25, 0.3) is 0 Å². The van der Waals surface area contributed by atoms with Crippen molar-refractivity contribution >= 4 is 17.6 Å². The molecule has 0 radical (unpaired) electrons. The van der Waals surface area contributed by atoms with Gasteiger partial charge in [0.05, 0.1) is 17.8 Å². The largest absolute Gasteiger partial charge is 0.506 e. The van der Waals surface area contributed by atoms with Gasteiger partial charge in [0.25, 0.3) is 0 Å². The van der Waals surface area contributed by atoms with Crippen LogP contribution >= 0.6 is 0 Å². The highest BCUT2D eigenvalue weighted by molar-refractivity contribution is 5.95. The number of aromatic hydroxyl groups is 1. The molecule has 104 valence electrons. The quantitative estimate of drug-likeness (QED) is 0.692. The molecule has 1 heterocycles. The average Bonchev–Trinajstić information content (AvgIpc) is 2.92. The molecule has 8 nitrogen and oxygen atoms in total. The van der Waals surface area contributed by atoms with Crippen molar-refractivity contribution in [3.05, 3.63) is 36.4 Å². The van der Waals surface area contributed by atoms with Crippen LogP contribution in [-0.2, 0) is 11.3 Å². The molecule has 0 aliphatic carbocycles. The number of hydrogen-bond acceptors (Lipinski definition) is 5. The van der Waals surface area contributed by atoms with Crippen LogP contribution in [0.1, 0.15) is 16.8 Å². The first-order valence-corrected chi connectivity index (χ1v) is 5.75. The number of nitrogens with one attached hydrogen (secondary N) is 1. The van der Waals surface area contributed by atoms with E-state index in [9.17, 15) is 14.7 Å². The van der Waals surface area contributed by atoms with Gasteiger partial charge in [-0.3, -0.25) is 9.48 Å². The fourth-order valence-electron chi connectivity index (χ4n) is 1.55. The molecule has 0 atom stereocenters. The molecule has 0 aliphatic heterocycles. The second-order valence-electron chi connectivity index (χ2n) is 3.99. The molecule has 0 saturated heterocycles. The lowest BCUT2D eigenvalue weighted by Crippen LogP contribution is -2.15. The molecule has 0 aliphatic rings. The summed E-state index contributed by atoms with van der Waals surface area (Å²) in [5.41, 5.74) is 0.0443. The maximum atomic E-state index is 11.7. The molecule has 2 rings (SSSR count). The molecule has 0 bridgehead atoms. The third-order valence-corrected chi connectivity index (χ3v) is 2.55. The molecule has 0 unspecified atom stereocenters. The summed E-state index contributed by atoms with van der Waals surface area (Å²) in [6.07, 6.45) is 2.97. The van der Waals surface area contributed by atoms with E-state index in [4.69, 9.17) is 5.11 Å². The van der Waals surface area contributed by atoms with Gasteiger partial charge in [-0.1, -0.05) is 0 Å². The Morgan fingerprint density at radius 2 is 2.15 bits per heavy atom. The van der Waals surface area contributed by atoms with Crippen LogP contribution in [0.5, 0.6) is 5.75 Å². The van der Waals surface area contributed by atoms with Crippen molar-refractivity contribution in [3.8, 4) is 5.75 Å². The van der Waals surface area contributed by atoms with Crippen molar-refractivity contribution < 1.29 is 19.8 Å². The molecule has 0 spiro atoms. The normalized spacial score (nSPS) is 10.2. The lowest BCUT2D eigenvalue weighted by atomic mass is 10.2. The van der Waals surface area contributed by atoms with Gasteiger partial charge in [0.2, 0.25) is 5.91 Å². The summed E-state index contributed by atoms with van der Waals surface area (Å²) in [5.74, 6) is -1.69. The zero-order chi connectivity index (χ0) is 14.5. The SMILES string of the molecule is O=C(CCn1cncn1)Nc1cc(C(=O)O)ccc1O. The highest BCUT2D eigenvalue weighted by atomic mass is 16.4. The molecule has 1 aromatic heterocycles. The molecular weight excluding hydrogens is 264 g/mol. The topological polar surface area (TPSA) is 117 Å². The zero-order valence-electron chi connectivity index (χ0n) is 10.4. The minimum atomic E-state index is -1.14. The van der Waals surface area contributed by atoms with Crippen molar-refractivity contribution in [2.45, 2.75) is 13.0 Å². The van der Waals surface area contributed by atoms with E-state index < -0.39 is 5.97 Å². The van der Waals surface area contributed by atoms with Crippen molar-refractivity contribution in [1.29, 1.82) is 0 Å². The molecule has 2 aromatic rings. The summed E-state index contributed by atoms with van der Waals surface area (Å²) >= 11 is 0. The van der Waals surface area contributed by atoms with Gasteiger partial charge < -0.3 is 15.5 Å². The summed E-state index contributed by atoms with van der Waals surface area (Å²) in [6, 6.07) is 3.67. The summed E-state index contributed by atoms with van der Waals surface area (Å²) < 4.78 is 1.49. The van der Waals surface area contributed by atoms with E-state index in [2.05, 4.69) is 15.4 Å². The van der Waals surface area contributed by atoms with Crippen molar-refractivity contribution in [2.24, 2.45) is 0 Å². The van der Waals surface area contributed by atoms with E-state index >= 15 is 0 Å². The summed E-state index contributed by atoms with van der Waals surface area (Å²) in [5, 5.41) is 24.7. The number of hydrogen-bond donors (Lipinski definition) is 3. The number of phenols is 1. The highest BCUT2D eigenvalue weighted by Crippen LogP contribution is 2.24. The predicted octanol–water partition coefficient (Wildman–Crippen LogP) is 0.711. The van der Waals surface area contributed by atoms with E-state index in [0.29, 0.717) is 6.54 Å². The predicted molar refractivity (Wildman–Crippen MR) is 68.3 cm³/mol. The van der Waals surface area contributed by atoms with Gasteiger partial charge in [-0.2, -0.15) is 5.10 Å². The number of aryl methyl sites for hydroxylation is 1. The third-order valence-electron chi connectivity index (χ3n) is 2.55. The Labute approximate surface area is 113 Å². The number of carbonyl (C=O) groups excluding carboxylic acids is 1. The van der Waals surface area contributed by atoms with Crippen LogP contribution in [-0.4, -0.2) is 36.9 Å². The molecule has 20 heavy (non-hydrogen) atoms. The number of aromatic nitrogens is 3. The van der Waals surface area contributed by atoms with Crippen molar-refractivity contribution in [3.63, 3.8) is 0 Å². The van der Waals surface area contributed by atoms with Crippen LogP contribution < -0.4 is 5.32 Å². The molecule has 1 amide bonds. The van der Waals surface area contributed by atoms with Crippen LogP contribution in [0.4, 0.5) is 5.69 Å². The number of rotatable bonds is 5. The van der Waals surface area contributed by atoms with Gasteiger partial charge in [0, 0.05) is 6.42 Å². The van der Waals surface area contributed by atoms with Crippen LogP contribution in [0.3, 0.4) is 0 Å². The summed E-state index contributed by atoms with van der Waals surface area (Å²) in [4.78, 5) is 26.3. The molecular formula is C12H12N4O4. The smallest absolute Gasteiger partial charge is 0.335 e. The second kappa shape index (κ2) is 5.83. The summed E-state index contributed by atoms with van der Waals surface area (Å²) in [6.45, 7) is 0.339. The van der Waals surface area contributed by atoms with Gasteiger partial charge in [-0.05, 0) is 18.2 Å². The first-order chi connectivity index (χ1) is 9.56.